The van der Waals surface area contributed by atoms with Gasteiger partial charge in [-0.2, -0.15) is 13.2 Å². The van der Waals surface area contributed by atoms with E-state index in [0.29, 0.717) is 16.9 Å². The van der Waals surface area contributed by atoms with Crippen LogP contribution in [0.1, 0.15) is 16.7 Å². The highest BCUT2D eigenvalue weighted by molar-refractivity contribution is 5.91. The SMILES string of the molecule is O=C(C=Cc1ccc(C(F)(F)F)cc1)NCc1ccc(Oc2cccnc2)c(F)c1. The lowest BCUT2D eigenvalue weighted by molar-refractivity contribution is -0.137. The number of pyridine rings is 1. The summed E-state index contributed by atoms with van der Waals surface area (Å²) in [5.74, 6) is -0.636. The predicted molar refractivity (Wildman–Crippen MR) is 103 cm³/mol. The zero-order chi connectivity index (χ0) is 21.6. The molecule has 30 heavy (non-hydrogen) atoms. The largest absolute Gasteiger partial charge is 0.453 e. The number of ether oxygens (including phenoxy) is 1. The summed E-state index contributed by atoms with van der Waals surface area (Å²) in [7, 11) is 0. The molecule has 0 saturated carbocycles. The van der Waals surface area contributed by atoms with Crippen molar-refractivity contribution in [2.24, 2.45) is 0 Å². The van der Waals surface area contributed by atoms with E-state index in [1.54, 1.807) is 24.4 Å². The molecule has 0 radical (unpaired) electrons. The van der Waals surface area contributed by atoms with Crippen molar-refractivity contribution in [1.29, 1.82) is 0 Å². The number of hydrogen-bond donors (Lipinski definition) is 1. The van der Waals surface area contributed by atoms with Gasteiger partial charge in [0, 0.05) is 18.8 Å². The minimum absolute atomic E-state index is 0.0280. The normalized spacial score (nSPS) is 11.5. The molecule has 2 aromatic carbocycles. The maximum atomic E-state index is 14.2. The molecular formula is C22H16F4N2O2. The lowest BCUT2D eigenvalue weighted by Crippen LogP contribution is -2.20. The quantitative estimate of drug-likeness (QED) is 0.435. The van der Waals surface area contributed by atoms with E-state index >= 15 is 0 Å². The van der Waals surface area contributed by atoms with Crippen molar-refractivity contribution in [2.45, 2.75) is 12.7 Å². The first-order valence-electron chi connectivity index (χ1n) is 8.81. The number of hydrogen-bond acceptors (Lipinski definition) is 3. The summed E-state index contributed by atoms with van der Waals surface area (Å²) in [6, 6.07) is 12.0. The average molecular weight is 416 g/mol. The molecule has 1 heterocycles. The Labute approximate surface area is 169 Å². The number of benzene rings is 2. The minimum atomic E-state index is -4.41. The number of nitrogens with one attached hydrogen (secondary N) is 1. The van der Waals surface area contributed by atoms with E-state index < -0.39 is 23.5 Å². The van der Waals surface area contributed by atoms with Crippen LogP contribution in [0.5, 0.6) is 11.5 Å². The van der Waals surface area contributed by atoms with Gasteiger partial charge in [-0.15, -0.1) is 0 Å². The Balaban J connectivity index is 1.54. The number of carbonyl (C=O) groups excluding carboxylic acids is 1. The molecule has 1 N–H and O–H groups in total. The van der Waals surface area contributed by atoms with Gasteiger partial charge in [-0.05, 0) is 53.6 Å². The number of rotatable bonds is 6. The van der Waals surface area contributed by atoms with Gasteiger partial charge < -0.3 is 10.1 Å². The second-order valence-corrected chi connectivity index (χ2v) is 6.23. The standard InChI is InChI=1S/C22H16F4N2O2/c23-19-12-16(5-9-20(19)30-18-2-1-11-27-14-18)13-28-21(29)10-6-15-3-7-17(8-4-15)22(24,25)26/h1-12,14H,13H2,(H,28,29). The van der Waals surface area contributed by atoms with E-state index in [4.69, 9.17) is 4.74 Å². The second kappa shape index (κ2) is 9.21. The minimum Gasteiger partial charge on any atom is -0.453 e. The van der Waals surface area contributed by atoms with Crippen LogP contribution in [0.2, 0.25) is 0 Å². The van der Waals surface area contributed by atoms with Gasteiger partial charge in [0.25, 0.3) is 0 Å². The Morgan fingerprint density at radius 2 is 1.87 bits per heavy atom. The first-order chi connectivity index (χ1) is 14.3. The van der Waals surface area contributed by atoms with Crippen LogP contribution in [-0.4, -0.2) is 10.9 Å². The number of aromatic nitrogens is 1. The van der Waals surface area contributed by atoms with Crippen molar-refractivity contribution in [3.05, 3.63) is 95.6 Å². The fraction of sp³-hybridized carbons (Fsp3) is 0.0909. The molecule has 0 spiro atoms. The second-order valence-electron chi connectivity index (χ2n) is 6.23. The summed E-state index contributed by atoms with van der Waals surface area (Å²) in [5.41, 5.74) is 0.200. The van der Waals surface area contributed by atoms with Crippen LogP contribution in [-0.2, 0) is 17.5 Å². The number of halogens is 4. The van der Waals surface area contributed by atoms with Gasteiger partial charge in [-0.25, -0.2) is 4.39 Å². The van der Waals surface area contributed by atoms with Gasteiger partial charge in [0.2, 0.25) is 5.91 Å². The zero-order valence-electron chi connectivity index (χ0n) is 15.5. The first kappa shape index (κ1) is 21.0. The van der Waals surface area contributed by atoms with Crippen LogP contribution in [0.15, 0.2) is 73.1 Å². The molecule has 3 rings (SSSR count). The van der Waals surface area contributed by atoms with Crippen LogP contribution in [0.3, 0.4) is 0 Å². The lowest BCUT2D eigenvalue weighted by atomic mass is 10.1. The van der Waals surface area contributed by atoms with Crippen LogP contribution in [0, 0.1) is 5.82 Å². The summed E-state index contributed by atoms with van der Waals surface area (Å²) < 4.78 is 57.2. The molecule has 0 fully saturated rings. The predicted octanol–water partition coefficient (Wildman–Crippen LogP) is 5.36. The highest BCUT2D eigenvalue weighted by Crippen LogP contribution is 2.29. The monoisotopic (exact) mass is 416 g/mol. The summed E-state index contributed by atoms with van der Waals surface area (Å²) in [6.07, 6.45) is 1.20. The van der Waals surface area contributed by atoms with E-state index in [1.165, 1.54) is 42.6 Å². The summed E-state index contributed by atoms with van der Waals surface area (Å²) in [6.45, 7) is 0.0697. The van der Waals surface area contributed by atoms with Crippen molar-refractivity contribution in [3.63, 3.8) is 0 Å². The van der Waals surface area contributed by atoms with Gasteiger partial charge in [0.1, 0.15) is 5.75 Å². The third kappa shape index (κ3) is 5.91. The van der Waals surface area contributed by atoms with Crippen LogP contribution in [0.4, 0.5) is 17.6 Å². The Bertz CT molecular complexity index is 1030. The van der Waals surface area contributed by atoms with Crippen molar-refractivity contribution in [3.8, 4) is 11.5 Å². The summed E-state index contributed by atoms with van der Waals surface area (Å²) in [4.78, 5) is 15.8. The molecule has 0 unspecified atom stereocenters. The molecular weight excluding hydrogens is 400 g/mol. The number of alkyl halides is 3. The molecule has 0 aliphatic carbocycles. The number of nitrogens with zero attached hydrogens (tertiary/aromatic N) is 1. The van der Waals surface area contributed by atoms with Crippen LogP contribution < -0.4 is 10.1 Å². The number of carbonyl (C=O) groups is 1. The molecule has 1 amide bonds. The topological polar surface area (TPSA) is 51.2 Å². The smallest absolute Gasteiger partial charge is 0.416 e. The van der Waals surface area contributed by atoms with E-state index in [1.807, 2.05) is 0 Å². The Hall–Kier alpha value is -3.68. The van der Waals surface area contributed by atoms with Crippen molar-refractivity contribution in [1.82, 2.24) is 10.3 Å². The number of amides is 1. The van der Waals surface area contributed by atoms with Crippen LogP contribution in [0.25, 0.3) is 6.08 Å². The van der Waals surface area contributed by atoms with Gasteiger partial charge in [0.15, 0.2) is 11.6 Å². The fourth-order valence-corrected chi connectivity index (χ4v) is 2.47. The van der Waals surface area contributed by atoms with Gasteiger partial charge in [-0.1, -0.05) is 18.2 Å². The molecule has 154 valence electrons. The highest BCUT2D eigenvalue weighted by atomic mass is 19.4. The molecule has 0 aliphatic heterocycles. The van der Waals surface area contributed by atoms with Gasteiger partial charge >= 0.3 is 6.18 Å². The zero-order valence-corrected chi connectivity index (χ0v) is 15.5. The van der Waals surface area contributed by atoms with E-state index in [-0.39, 0.29) is 12.3 Å². The van der Waals surface area contributed by atoms with Crippen molar-refractivity contribution in [2.75, 3.05) is 0 Å². The Kier molecular flexibility index (Phi) is 6.46. The molecule has 0 saturated heterocycles. The maximum absolute atomic E-state index is 14.2. The maximum Gasteiger partial charge on any atom is 0.416 e. The van der Waals surface area contributed by atoms with E-state index in [2.05, 4.69) is 10.3 Å². The van der Waals surface area contributed by atoms with Gasteiger partial charge in [-0.3, -0.25) is 9.78 Å². The molecule has 8 heteroatoms. The molecule has 0 aliphatic rings. The van der Waals surface area contributed by atoms with Gasteiger partial charge in [0.05, 0.1) is 11.8 Å². The third-order valence-electron chi connectivity index (χ3n) is 3.99. The van der Waals surface area contributed by atoms with Crippen molar-refractivity contribution >= 4 is 12.0 Å². The molecule has 0 bridgehead atoms. The Morgan fingerprint density at radius 1 is 1.10 bits per heavy atom. The first-order valence-corrected chi connectivity index (χ1v) is 8.81. The fourth-order valence-electron chi connectivity index (χ4n) is 2.47. The van der Waals surface area contributed by atoms with E-state index in [9.17, 15) is 22.4 Å². The summed E-state index contributed by atoms with van der Waals surface area (Å²) >= 11 is 0. The molecule has 0 atom stereocenters. The molecule has 3 aromatic rings. The van der Waals surface area contributed by atoms with Crippen LogP contribution >= 0.6 is 0 Å². The molecule has 1 aromatic heterocycles. The summed E-state index contributed by atoms with van der Waals surface area (Å²) in [5, 5.41) is 2.58. The molecule has 4 nitrogen and oxygen atoms in total. The third-order valence-corrected chi connectivity index (χ3v) is 3.99. The highest BCUT2D eigenvalue weighted by Gasteiger charge is 2.29. The Morgan fingerprint density at radius 3 is 2.50 bits per heavy atom. The van der Waals surface area contributed by atoms with Crippen molar-refractivity contribution < 1.29 is 27.1 Å². The lowest BCUT2D eigenvalue weighted by Gasteiger charge is -2.08. The van der Waals surface area contributed by atoms with E-state index in [0.717, 1.165) is 12.1 Å². The average Bonchev–Trinajstić information content (AvgIpc) is 2.73.